The van der Waals surface area contributed by atoms with Crippen molar-refractivity contribution in [3.05, 3.63) is 63.6 Å². The Kier molecular flexibility index (Phi) is 9.87. The van der Waals surface area contributed by atoms with E-state index in [2.05, 4.69) is 14.7 Å². The molecule has 0 fully saturated rings. The largest absolute Gasteiger partial charge is 0.491 e. The van der Waals surface area contributed by atoms with Crippen LogP contribution in [0.25, 0.3) is 10.6 Å². The third kappa shape index (κ3) is 7.97. The molecule has 0 radical (unpaired) electrons. The maximum Gasteiger partial charge on any atom is 0.419 e. The quantitative estimate of drug-likeness (QED) is 0.230. The first-order valence-corrected chi connectivity index (χ1v) is 13.1. The standard InChI is InChI=1S/C22H24ClF3N3O5PS/c1-21(27,13-34-35(30)31)20-29-28-19(36-20)15-6-7-18(16(12-15)22(24,25)26)33-11-10-32-9-8-14-4-2-3-5-17(14)23/h2-7,12,35H,8-11,13,27H2,1H3,(H,30,31)/t21-/m0/s1. The lowest BCUT2D eigenvalue weighted by molar-refractivity contribution is -0.139. The summed E-state index contributed by atoms with van der Waals surface area (Å²) in [4.78, 5) is 8.84. The number of nitrogens with two attached hydrogens (primary N) is 1. The Balaban J connectivity index is 1.63. The van der Waals surface area contributed by atoms with E-state index < -0.39 is 25.5 Å². The Morgan fingerprint density at radius 2 is 1.89 bits per heavy atom. The molecule has 196 valence electrons. The molecular formula is C22H24ClF3N3O5PS. The molecule has 3 N–H and O–H groups in total. The highest BCUT2D eigenvalue weighted by molar-refractivity contribution is 7.32. The van der Waals surface area contributed by atoms with Crippen LogP contribution in [0.1, 0.15) is 23.1 Å². The smallest absolute Gasteiger partial charge is 0.419 e. The topological polar surface area (TPSA) is 117 Å². The molecule has 3 aromatic rings. The van der Waals surface area contributed by atoms with Crippen molar-refractivity contribution < 1.29 is 36.6 Å². The monoisotopic (exact) mass is 565 g/mol. The van der Waals surface area contributed by atoms with E-state index in [1.807, 2.05) is 18.2 Å². The number of alkyl halides is 3. The maximum atomic E-state index is 13.7. The van der Waals surface area contributed by atoms with E-state index in [0.29, 0.717) is 18.1 Å². The molecule has 14 heteroatoms. The van der Waals surface area contributed by atoms with Gasteiger partial charge in [0.05, 0.1) is 30.9 Å². The highest BCUT2D eigenvalue weighted by Crippen LogP contribution is 2.40. The second-order valence-corrected chi connectivity index (χ2v) is 10.1. The van der Waals surface area contributed by atoms with Crippen molar-refractivity contribution in [1.82, 2.24) is 10.2 Å². The fourth-order valence-corrected chi connectivity index (χ4v) is 4.59. The zero-order valence-electron chi connectivity index (χ0n) is 19.0. The lowest BCUT2D eigenvalue weighted by Crippen LogP contribution is -2.37. The van der Waals surface area contributed by atoms with Crippen LogP contribution in [0.15, 0.2) is 42.5 Å². The summed E-state index contributed by atoms with van der Waals surface area (Å²) in [5.74, 6) is -0.337. The van der Waals surface area contributed by atoms with E-state index in [1.165, 1.54) is 19.1 Å². The zero-order valence-corrected chi connectivity index (χ0v) is 21.6. The average molecular weight is 566 g/mol. The number of benzene rings is 2. The predicted octanol–water partition coefficient (Wildman–Crippen LogP) is 5.09. The summed E-state index contributed by atoms with van der Waals surface area (Å²) in [6.45, 7) is 1.57. The summed E-state index contributed by atoms with van der Waals surface area (Å²) >= 11 is 7.04. The van der Waals surface area contributed by atoms with Gasteiger partial charge in [-0.3, -0.25) is 4.57 Å². The van der Waals surface area contributed by atoms with Gasteiger partial charge in [-0.1, -0.05) is 41.1 Å². The van der Waals surface area contributed by atoms with Crippen molar-refractivity contribution in [1.29, 1.82) is 0 Å². The molecule has 3 rings (SSSR count). The fraction of sp³-hybridized carbons (Fsp3) is 0.364. The van der Waals surface area contributed by atoms with Gasteiger partial charge in [-0.2, -0.15) is 13.2 Å². The van der Waals surface area contributed by atoms with Crippen LogP contribution in [-0.4, -0.2) is 41.5 Å². The Hall–Kier alpha value is -2.05. The van der Waals surface area contributed by atoms with Gasteiger partial charge in [-0.25, -0.2) is 0 Å². The Morgan fingerprint density at radius 1 is 1.14 bits per heavy atom. The van der Waals surface area contributed by atoms with Crippen LogP contribution in [0.4, 0.5) is 13.2 Å². The molecule has 0 amide bonds. The second kappa shape index (κ2) is 12.5. The van der Waals surface area contributed by atoms with Crippen LogP contribution in [0, 0.1) is 0 Å². The minimum Gasteiger partial charge on any atom is -0.491 e. The minimum atomic E-state index is -4.67. The number of rotatable bonds is 12. The van der Waals surface area contributed by atoms with Crippen LogP contribution >= 0.6 is 31.2 Å². The Morgan fingerprint density at radius 3 is 2.58 bits per heavy atom. The molecule has 8 nitrogen and oxygen atoms in total. The van der Waals surface area contributed by atoms with Gasteiger partial charge in [0.25, 0.3) is 0 Å². The number of hydrogen-bond acceptors (Lipinski definition) is 8. The fourth-order valence-electron chi connectivity index (χ4n) is 3.05. The van der Waals surface area contributed by atoms with E-state index in [1.54, 1.807) is 6.07 Å². The highest BCUT2D eigenvalue weighted by atomic mass is 35.5. The summed E-state index contributed by atoms with van der Waals surface area (Å²) < 4.78 is 67.5. The van der Waals surface area contributed by atoms with Crippen LogP contribution in [0.5, 0.6) is 5.75 Å². The number of ether oxygens (including phenoxy) is 2. The summed E-state index contributed by atoms with van der Waals surface area (Å²) in [5, 5.41) is 8.90. The van der Waals surface area contributed by atoms with Crippen molar-refractivity contribution in [2.45, 2.75) is 25.1 Å². The van der Waals surface area contributed by atoms with Crippen LogP contribution in [0.3, 0.4) is 0 Å². The first kappa shape index (κ1) is 28.5. The summed E-state index contributed by atoms with van der Waals surface area (Å²) in [6, 6.07) is 10.9. The minimum absolute atomic E-state index is 0.0760. The van der Waals surface area contributed by atoms with Crippen LogP contribution in [-0.2, 0) is 32.0 Å². The Bertz CT molecular complexity index is 1200. The maximum absolute atomic E-state index is 13.7. The number of aromatic nitrogens is 2. The van der Waals surface area contributed by atoms with E-state index in [4.69, 9.17) is 31.7 Å². The first-order chi connectivity index (χ1) is 17.0. The van der Waals surface area contributed by atoms with Crippen molar-refractivity contribution in [2.75, 3.05) is 26.4 Å². The molecule has 36 heavy (non-hydrogen) atoms. The van der Waals surface area contributed by atoms with Crippen molar-refractivity contribution in [3.8, 4) is 16.3 Å². The molecular weight excluding hydrogens is 542 g/mol. The lowest BCUT2D eigenvalue weighted by atomic mass is 10.1. The van der Waals surface area contributed by atoms with Crippen molar-refractivity contribution in [3.63, 3.8) is 0 Å². The third-order valence-electron chi connectivity index (χ3n) is 4.90. The molecule has 0 saturated carbocycles. The van der Waals surface area contributed by atoms with Gasteiger partial charge in [0.15, 0.2) is 0 Å². The molecule has 1 unspecified atom stereocenters. The number of hydrogen-bond donors (Lipinski definition) is 2. The number of halogens is 4. The van der Waals surface area contributed by atoms with Gasteiger partial charge in [0.1, 0.15) is 22.4 Å². The normalized spacial score (nSPS) is 14.4. The third-order valence-corrected chi connectivity index (χ3v) is 6.91. The molecule has 0 aliphatic rings. The molecule has 0 bridgehead atoms. The van der Waals surface area contributed by atoms with Crippen LogP contribution in [0.2, 0.25) is 5.02 Å². The summed E-state index contributed by atoms with van der Waals surface area (Å²) in [7, 11) is -3.20. The first-order valence-electron chi connectivity index (χ1n) is 10.6. The molecule has 1 aromatic heterocycles. The molecule has 2 atom stereocenters. The average Bonchev–Trinajstić information content (AvgIpc) is 3.32. The molecule has 0 spiro atoms. The molecule has 0 aliphatic carbocycles. The molecule has 2 aromatic carbocycles. The molecule has 0 aliphatic heterocycles. The Labute approximate surface area is 215 Å². The summed E-state index contributed by atoms with van der Waals surface area (Å²) in [6.07, 6.45) is -4.10. The van der Waals surface area contributed by atoms with Gasteiger partial charge in [-0.15, -0.1) is 10.2 Å². The van der Waals surface area contributed by atoms with E-state index in [-0.39, 0.29) is 41.1 Å². The predicted molar refractivity (Wildman–Crippen MR) is 131 cm³/mol. The second-order valence-electron chi connectivity index (χ2n) is 7.90. The highest BCUT2D eigenvalue weighted by Gasteiger charge is 2.35. The molecule has 1 heterocycles. The van der Waals surface area contributed by atoms with Gasteiger partial charge in [-0.05, 0) is 43.2 Å². The van der Waals surface area contributed by atoms with E-state index >= 15 is 0 Å². The SMILES string of the molecule is C[C@](N)(CO[PH](=O)O)c1nnc(-c2ccc(OCCOCCc3ccccc3Cl)c(C(F)(F)F)c2)s1. The molecule has 0 saturated heterocycles. The van der Waals surface area contributed by atoms with Crippen molar-refractivity contribution in [2.24, 2.45) is 5.73 Å². The zero-order chi connectivity index (χ0) is 26.3. The van der Waals surface area contributed by atoms with Crippen LogP contribution < -0.4 is 10.5 Å². The van der Waals surface area contributed by atoms with Gasteiger partial charge in [0, 0.05) is 10.6 Å². The van der Waals surface area contributed by atoms with Gasteiger partial charge < -0.3 is 24.6 Å². The van der Waals surface area contributed by atoms with Crippen molar-refractivity contribution >= 4 is 31.2 Å². The van der Waals surface area contributed by atoms with Gasteiger partial charge in [0.2, 0.25) is 0 Å². The number of nitrogens with zero attached hydrogens (tertiary/aromatic N) is 2. The lowest BCUT2D eigenvalue weighted by Gasteiger charge is -2.19. The summed E-state index contributed by atoms with van der Waals surface area (Å²) in [5.41, 5.74) is 4.93. The van der Waals surface area contributed by atoms with Gasteiger partial charge >= 0.3 is 14.4 Å². The van der Waals surface area contributed by atoms with E-state index in [0.717, 1.165) is 23.0 Å². The van der Waals surface area contributed by atoms with E-state index in [9.17, 15) is 17.7 Å².